The molecule has 0 spiro atoms. The van der Waals surface area contributed by atoms with Crippen LogP contribution in [-0.4, -0.2) is 42.1 Å². The van der Waals surface area contributed by atoms with Crippen molar-refractivity contribution < 1.29 is 4.39 Å². The molecule has 2 rings (SSSR count). The van der Waals surface area contributed by atoms with E-state index < -0.39 is 5.82 Å². The Bertz CT molecular complexity index is 648. The zero-order valence-electron chi connectivity index (χ0n) is 12.6. The lowest BCUT2D eigenvalue weighted by molar-refractivity contribution is 0.405. The van der Waals surface area contributed by atoms with Crippen LogP contribution in [0.5, 0.6) is 0 Å². The Balaban J connectivity index is 2.21. The summed E-state index contributed by atoms with van der Waals surface area (Å²) >= 11 is 5.84. The summed E-state index contributed by atoms with van der Waals surface area (Å²) in [4.78, 5) is 10.3. The van der Waals surface area contributed by atoms with Crippen molar-refractivity contribution in [3.63, 3.8) is 0 Å². The van der Waals surface area contributed by atoms with Crippen molar-refractivity contribution >= 4 is 23.4 Å². The second-order valence-electron chi connectivity index (χ2n) is 5.20. The molecule has 0 bridgehead atoms. The van der Waals surface area contributed by atoms with E-state index in [1.165, 1.54) is 6.07 Å². The number of nitrogens with zero attached hydrogens (tertiary/aromatic N) is 3. The maximum absolute atomic E-state index is 13.3. The number of nitrogens with two attached hydrogens (primary N) is 1. The van der Waals surface area contributed by atoms with Gasteiger partial charge in [0.15, 0.2) is 0 Å². The zero-order valence-corrected chi connectivity index (χ0v) is 13.4. The second kappa shape index (κ2) is 7.38. The summed E-state index contributed by atoms with van der Waals surface area (Å²) in [5.41, 5.74) is 7.13. The summed E-state index contributed by atoms with van der Waals surface area (Å²) < 4.78 is 13.3. The van der Waals surface area contributed by atoms with Gasteiger partial charge in [-0.25, -0.2) is 9.37 Å². The highest BCUT2D eigenvalue weighted by molar-refractivity contribution is 6.31. The average Bonchev–Trinajstić information content (AvgIpc) is 2.47. The summed E-state index contributed by atoms with van der Waals surface area (Å²) in [6.45, 7) is 1.71. The van der Waals surface area contributed by atoms with Crippen molar-refractivity contribution in [2.24, 2.45) is 0 Å². The predicted molar refractivity (Wildman–Crippen MR) is 88.5 cm³/mol. The highest BCUT2D eigenvalue weighted by atomic mass is 35.5. The van der Waals surface area contributed by atoms with Crippen LogP contribution in [-0.2, 0) is 0 Å². The van der Waals surface area contributed by atoms with Gasteiger partial charge in [0.05, 0.1) is 5.02 Å². The molecule has 0 aliphatic carbocycles. The molecule has 5 nitrogen and oxygen atoms in total. The van der Waals surface area contributed by atoms with Crippen LogP contribution >= 0.6 is 11.6 Å². The van der Waals surface area contributed by atoms with Crippen molar-refractivity contribution in [1.82, 2.24) is 14.9 Å². The van der Waals surface area contributed by atoms with E-state index >= 15 is 0 Å². The summed E-state index contributed by atoms with van der Waals surface area (Å²) in [7, 11) is 4.04. The van der Waals surface area contributed by atoms with Crippen LogP contribution in [0.1, 0.15) is 6.42 Å². The Hall–Kier alpha value is -1.92. The standard InChI is InChI=1S/C15H19ClFN5/c1-22(2)7-3-6-19-14-11(9-20-15(18)21-14)10-4-5-13(17)12(16)8-10/h4-5,8-9H,3,6-7H2,1-2H3,(H3,18,19,20,21). The lowest BCUT2D eigenvalue weighted by Crippen LogP contribution is -2.17. The minimum Gasteiger partial charge on any atom is -0.369 e. The number of nitrogen functional groups attached to an aromatic ring is 1. The van der Waals surface area contributed by atoms with Crippen molar-refractivity contribution in [2.75, 3.05) is 38.2 Å². The molecule has 1 heterocycles. The quantitative estimate of drug-likeness (QED) is 0.800. The Morgan fingerprint density at radius 1 is 1.36 bits per heavy atom. The molecular formula is C15H19ClFN5. The molecule has 0 fully saturated rings. The maximum atomic E-state index is 13.3. The Kier molecular flexibility index (Phi) is 5.51. The van der Waals surface area contributed by atoms with Crippen LogP contribution in [0.25, 0.3) is 11.1 Å². The molecule has 22 heavy (non-hydrogen) atoms. The van der Waals surface area contributed by atoms with E-state index in [1.807, 2.05) is 14.1 Å². The molecule has 0 saturated heterocycles. The monoisotopic (exact) mass is 323 g/mol. The lowest BCUT2D eigenvalue weighted by Gasteiger charge is -2.13. The molecule has 0 radical (unpaired) electrons. The topological polar surface area (TPSA) is 67.1 Å². The van der Waals surface area contributed by atoms with E-state index in [4.69, 9.17) is 17.3 Å². The predicted octanol–water partition coefficient (Wildman–Crippen LogP) is 2.88. The first-order valence-corrected chi connectivity index (χ1v) is 7.31. The highest BCUT2D eigenvalue weighted by Gasteiger charge is 2.10. The zero-order chi connectivity index (χ0) is 16.1. The first-order chi connectivity index (χ1) is 10.5. The van der Waals surface area contributed by atoms with Gasteiger partial charge in [-0.05, 0) is 44.8 Å². The molecule has 0 saturated carbocycles. The second-order valence-corrected chi connectivity index (χ2v) is 5.61. The Morgan fingerprint density at radius 3 is 2.82 bits per heavy atom. The van der Waals surface area contributed by atoms with Gasteiger partial charge in [-0.2, -0.15) is 4.98 Å². The number of aromatic nitrogens is 2. The van der Waals surface area contributed by atoms with Crippen molar-refractivity contribution in [3.05, 3.63) is 35.2 Å². The van der Waals surface area contributed by atoms with Crippen LogP contribution in [0, 0.1) is 5.82 Å². The molecule has 1 aromatic carbocycles. The fourth-order valence-electron chi connectivity index (χ4n) is 2.01. The van der Waals surface area contributed by atoms with Gasteiger partial charge in [0.2, 0.25) is 5.95 Å². The van der Waals surface area contributed by atoms with Crippen LogP contribution in [0.4, 0.5) is 16.2 Å². The Morgan fingerprint density at radius 2 is 2.14 bits per heavy atom. The van der Waals surface area contributed by atoms with E-state index in [0.717, 1.165) is 30.6 Å². The fraction of sp³-hybridized carbons (Fsp3) is 0.333. The number of hydrogen-bond acceptors (Lipinski definition) is 5. The van der Waals surface area contributed by atoms with Crippen molar-refractivity contribution in [1.29, 1.82) is 0 Å². The smallest absolute Gasteiger partial charge is 0.221 e. The number of hydrogen-bond donors (Lipinski definition) is 2. The van der Waals surface area contributed by atoms with Crippen LogP contribution < -0.4 is 11.1 Å². The van der Waals surface area contributed by atoms with Gasteiger partial charge in [0.25, 0.3) is 0 Å². The van der Waals surface area contributed by atoms with E-state index in [2.05, 4.69) is 20.2 Å². The number of nitrogens with one attached hydrogen (secondary N) is 1. The SMILES string of the molecule is CN(C)CCCNc1nc(N)ncc1-c1ccc(F)c(Cl)c1. The molecule has 118 valence electrons. The molecule has 0 atom stereocenters. The summed E-state index contributed by atoms with van der Waals surface area (Å²) in [5, 5.41) is 3.31. The summed E-state index contributed by atoms with van der Waals surface area (Å²) in [6.07, 6.45) is 2.57. The molecule has 2 aromatic rings. The molecule has 0 unspecified atom stereocenters. The summed E-state index contributed by atoms with van der Waals surface area (Å²) in [5.74, 6) is 0.350. The van der Waals surface area contributed by atoms with Gasteiger partial charge in [0.1, 0.15) is 11.6 Å². The normalized spacial score (nSPS) is 11.0. The van der Waals surface area contributed by atoms with Gasteiger partial charge in [-0.15, -0.1) is 0 Å². The number of anilines is 2. The number of benzene rings is 1. The number of rotatable bonds is 6. The molecule has 0 aliphatic heterocycles. The first kappa shape index (κ1) is 16.5. The molecular weight excluding hydrogens is 305 g/mol. The van der Waals surface area contributed by atoms with Gasteiger partial charge in [-0.3, -0.25) is 0 Å². The van der Waals surface area contributed by atoms with Crippen LogP contribution in [0.3, 0.4) is 0 Å². The molecule has 7 heteroatoms. The van der Waals surface area contributed by atoms with Crippen molar-refractivity contribution in [3.8, 4) is 11.1 Å². The third-order valence-electron chi connectivity index (χ3n) is 3.11. The molecule has 3 N–H and O–H groups in total. The lowest BCUT2D eigenvalue weighted by atomic mass is 10.1. The van der Waals surface area contributed by atoms with E-state index in [1.54, 1.807) is 18.3 Å². The largest absolute Gasteiger partial charge is 0.369 e. The van der Waals surface area contributed by atoms with E-state index in [-0.39, 0.29) is 11.0 Å². The van der Waals surface area contributed by atoms with Gasteiger partial charge in [-0.1, -0.05) is 17.7 Å². The summed E-state index contributed by atoms with van der Waals surface area (Å²) in [6, 6.07) is 4.52. The van der Waals surface area contributed by atoms with Gasteiger partial charge in [0, 0.05) is 18.3 Å². The third-order valence-corrected chi connectivity index (χ3v) is 3.40. The third kappa shape index (κ3) is 4.29. The number of halogens is 2. The van der Waals surface area contributed by atoms with Gasteiger partial charge >= 0.3 is 0 Å². The highest BCUT2D eigenvalue weighted by Crippen LogP contribution is 2.29. The molecule has 0 amide bonds. The fourth-order valence-corrected chi connectivity index (χ4v) is 2.19. The average molecular weight is 324 g/mol. The Labute approximate surface area is 134 Å². The molecule has 1 aromatic heterocycles. The van der Waals surface area contributed by atoms with E-state index in [0.29, 0.717) is 5.82 Å². The van der Waals surface area contributed by atoms with Crippen LogP contribution in [0.2, 0.25) is 5.02 Å². The minimum absolute atomic E-state index is 0.0629. The van der Waals surface area contributed by atoms with Crippen LogP contribution in [0.15, 0.2) is 24.4 Å². The van der Waals surface area contributed by atoms with Gasteiger partial charge < -0.3 is 16.0 Å². The first-order valence-electron chi connectivity index (χ1n) is 6.94. The maximum Gasteiger partial charge on any atom is 0.221 e. The molecule has 0 aliphatic rings. The van der Waals surface area contributed by atoms with Crippen molar-refractivity contribution in [2.45, 2.75) is 6.42 Å². The van der Waals surface area contributed by atoms with E-state index in [9.17, 15) is 4.39 Å². The minimum atomic E-state index is -0.456.